The van der Waals surface area contributed by atoms with Gasteiger partial charge in [-0.1, -0.05) is 6.07 Å². The largest absolute Gasteiger partial charge is 0.496 e. The number of esters is 1. The van der Waals surface area contributed by atoms with Gasteiger partial charge in [0.15, 0.2) is 0 Å². The van der Waals surface area contributed by atoms with E-state index in [1.54, 1.807) is 48.9 Å². The summed E-state index contributed by atoms with van der Waals surface area (Å²) in [4.78, 5) is 24.7. The molecule has 0 spiro atoms. The molecular formula is C22H22FN3O4. The Morgan fingerprint density at radius 2 is 1.80 bits per heavy atom. The molecule has 1 amide bonds. The van der Waals surface area contributed by atoms with Crippen LogP contribution in [0.3, 0.4) is 0 Å². The highest BCUT2D eigenvalue weighted by Gasteiger charge is 2.20. The molecule has 0 fully saturated rings. The average Bonchev–Trinajstić information content (AvgIpc) is 3.05. The predicted molar refractivity (Wildman–Crippen MR) is 108 cm³/mol. The van der Waals surface area contributed by atoms with Gasteiger partial charge in [0.05, 0.1) is 36.9 Å². The maximum Gasteiger partial charge on any atom is 0.341 e. The highest BCUT2D eigenvalue weighted by molar-refractivity contribution is 5.96. The normalized spacial score (nSPS) is 10.6. The average molecular weight is 411 g/mol. The van der Waals surface area contributed by atoms with Gasteiger partial charge in [0.25, 0.3) is 5.91 Å². The van der Waals surface area contributed by atoms with E-state index in [2.05, 4.69) is 10.4 Å². The van der Waals surface area contributed by atoms with Crippen LogP contribution in [0.1, 0.15) is 37.7 Å². The summed E-state index contributed by atoms with van der Waals surface area (Å²) < 4.78 is 24.7. The van der Waals surface area contributed by atoms with Gasteiger partial charge in [0.2, 0.25) is 0 Å². The molecule has 0 atom stereocenters. The molecule has 0 saturated carbocycles. The molecule has 0 bridgehead atoms. The number of amides is 1. The third-order valence-electron chi connectivity index (χ3n) is 4.71. The van der Waals surface area contributed by atoms with Gasteiger partial charge < -0.3 is 14.8 Å². The summed E-state index contributed by atoms with van der Waals surface area (Å²) in [7, 11) is 2.76. The van der Waals surface area contributed by atoms with Crippen molar-refractivity contribution in [3.8, 4) is 11.4 Å². The molecule has 0 aliphatic carbocycles. The second-order valence-corrected chi connectivity index (χ2v) is 6.64. The third kappa shape index (κ3) is 4.17. The van der Waals surface area contributed by atoms with E-state index in [0.29, 0.717) is 34.0 Å². The Hall–Kier alpha value is -3.68. The molecule has 0 aliphatic heterocycles. The van der Waals surface area contributed by atoms with Crippen LogP contribution in [-0.2, 0) is 11.3 Å². The standard InChI is InChI=1S/C22H22FN3O4/c1-13-20(14(2)26(25-13)17-8-6-16(23)7-9-17)21(27)24-12-15-5-10-19(29-3)18(11-15)22(28)30-4/h5-11H,12H2,1-4H3,(H,24,27). The van der Waals surface area contributed by atoms with Gasteiger partial charge in [0, 0.05) is 6.54 Å². The van der Waals surface area contributed by atoms with E-state index in [9.17, 15) is 14.0 Å². The fourth-order valence-electron chi connectivity index (χ4n) is 3.21. The molecule has 7 nitrogen and oxygen atoms in total. The number of methoxy groups -OCH3 is 2. The number of nitrogens with one attached hydrogen (secondary N) is 1. The van der Waals surface area contributed by atoms with Crippen molar-refractivity contribution in [3.63, 3.8) is 0 Å². The summed E-state index contributed by atoms with van der Waals surface area (Å²) >= 11 is 0. The molecular weight excluding hydrogens is 389 g/mol. The van der Waals surface area contributed by atoms with E-state index in [4.69, 9.17) is 9.47 Å². The summed E-state index contributed by atoms with van der Waals surface area (Å²) in [6.07, 6.45) is 0. The highest BCUT2D eigenvalue weighted by Crippen LogP contribution is 2.22. The van der Waals surface area contributed by atoms with Crippen molar-refractivity contribution in [1.82, 2.24) is 15.1 Å². The fraction of sp³-hybridized carbons (Fsp3) is 0.227. The van der Waals surface area contributed by atoms with Crippen LogP contribution in [0.15, 0.2) is 42.5 Å². The summed E-state index contributed by atoms with van der Waals surface area (Å²) in [5, 5.41) is 7.26. The zero-order chi connectivity index (χ0) is 21.8. The molecule has 0 saturated heterocycles. The second-order valence-electron chi connectivity index (χ2n) is 6.64. The van der Waals surface area contributed by atoms with Crippen molar-refractivity contribution >= 4 is 11.9 Å². The summed E-state index contributed by atoms with van der Waals surface area (Å²) in [6, 6.07) is 10.9. The Labute approximate surface area is 173 Å². The number of aryl methyl sites for hydroxylation is 1. The number of benzene rings is 2. The highest BCUT2D eigenvalue weighted by atomic mass is 19.1. The number of ether oxygens (including phenoxy) is 2. The summed E-state index contributed by atoms with van der Waals surface area (Å²) in [5.74, 6) is -0.769. The minimum absolute atomic E-state index is 0.202. The first-order valence-electron chi connectivity index (χ1n) is 9.21. The van der Waals surface area contributed by atoms with Gasteiger partial charge >= 0.3 is 5.97 Å². The van der Waals surface area contributed by atoms with Crippen molar-refractivity contribution in [2.75, 3.05) is 14.2 Å². The molecule has 1 N–H and O–H groups in total. The van der Waals surface area contributed by atoms with E-state index < -0.39 is 5.97 Å². The SMILES string of the molecule is COC(=O)c1cc(CNC(=O)c2c(C)nn(-c3ccc(F)cc3)c2C)ccc1OC. The number of carbonyl (C=O) groups excluding carboxylic acids is 2. The maximum atomic E-state index is 13.2. The zero-order valence-corrected chi connectivity index (χ0v) is 17.2. The van der Waals surface area contributed by atoms with Gasteiger partial charge in [-0.25, -0.2) is 13.9 Å². The van der Waals surface area contributed by atoms with Crippen LogP contribution in [0.4, 0.5) is 4.39 Å². The third-order valence-corrected chi connectivity index (χ3v) is 4.71. The molecule has 8 heteroatoms. The van der Waals surface area contributed by atoms with Crippen molar-refractivity contribution in [1.29, 1.82) is 0 Å². The Balaban J connectivity index is 1.80. The molecule has 0 aliphatic rings. The van der Waals surface area contributed by atoms with Crippen molar-refractivity contribution in [3.05, 3.63) is 76.4 Å². The number of nitrogens with zero attached hydrogens (tertiary/aromatic N) is 2. The van der Waals surface area contributed by atoms with Crippen LogP contribution in [0, 0.1) is 19.7 Å². The van der Waals surface area contributed by atoms with Crippen molar-refractivity contribution < 1.29 is 23.5 Å². The van der Waals surface area contributed by atoms with Crippen LogP contribution in [-0.4, -0.2) is 35.9 Å². The van der Waals surface area contributed by atoms with Gasteiger partial charge in [-0.05, 0) is 55.8 Å². The van der Waals surface area contributed by atoms with E-state index in [0.717, 1.165) is 0 Å². The molecule has 2 aromatic carbocycles. The number of hydrogen-bond acceptors (Lipinski definition) is 5. The number of carbonyl (C=O) groups is 2. The number of halogens is 1. The van der Waals surface area contributed by atoms with Crippen molar-refractivity contribution in [2.24, 2.45) is 0 Å². The Kier molecular flexibility index (Phi) is 6.15. The Morgan fingerprint density at radius 1 is 1.10 bits per heavy atom. The van der Waals surface area contributed by atoms with E-state index in [-0.39, 0.29) is 23.8 Å². The summed E-state index contributed by atoms with van der Waals surface area (Å²) in [5.41, 5.74) is 3.30. The molecule has 3 rings (SSSR count). The minimum atomic E-state index is -0.521. The zero-order valence-electron chi connectivity index (χ0n) is 17.2. The molecule has 156 valence electrons. The second kappa shape index (κ2) is 8.77. The lowest BCUT2D eigenvalue weighted by atomic mass is 10.1. The lowest BCUT2D eigenvalue weighted by Gasteiger charge is -2.10. The maximum absolute atomic E-state index is 13.2. The van der Waals surface area contributed by atoms with Crippen molar-refractivity contribution in [2.45, 2.75) is 20.4 Å². The van der Waals surface area contributed by atoms with Gasteiger partial charge in [-0.3, -0.25) is 4.79 Å². The summed E-state index contributed by atoms with van der Waals surface area (Å²) in [6.45, 7) is 3.72. The number of hydrogen-bond donors (Lipinski definition) is 1. The first-order chi connectivity index (χ1) is 14.3. The van der Waals surface area contributed by atoms with Crippen LogP contribution in [0.5, 0.6) is 5.75 Å². The Bertz CT molecular complexity index is 1090. The molecule has 1 aromatic heterocycles. The van der Waals surface area contributed by atoms with Gasteiger partial charge in [-0.15, -0.1) is 0 Å². The predicted octanol–water partition coefficient (Wildman–Crippen LogP) is 3.35. The van der Waals surface area contributed by atoms with Crippen LogP contribution in [0.2, 0.25) is 0 Å². The number of aromatic nitrogens is 2. The number of rotatable bonds is 6. The van der Waals surface area contributed by atoms with E-state index in [1.807, 2.05) is 0 Å². The van der Waals surface area contributed by atoms with E-state index in [1.165, 1.54) is 26.4 Å². The molecule has 0 radical (unpaired) electrons. The lowest BCUT2D eigenvalue weighted by Crippen LogP contribution is -2.24. The quantitative estimate of drug-likeness (QED) is 0.629. The van der Waals surface area contributed by atoms with Crippen LogP contribution < -0.4 is 10.1 Å². The van der Waals surface area contributed by atoms with Gasteiger partial charge in [-0.2, -0.15) is 5.10 Å². The molecule has 3 aromatic rings. The first kappa shape index (κ1) is 21.0. The first-order valence-corrected chi connectivity index (χ1v) is 9.21. The van der Waals surface area contributed by atoms with Gasteiger partial charge in [0.1, 0.15) is 17.1 Å². The molecule has 1 heterocycles. The smallest absolute Gasteiger partial charge is 0.341 e. The Morgan fingerprint density at radius 3 is 2.43 bits per heavy atom. The van der Waals surface area contributed by atoms with Crippen LogP contribution in [0.25, 0.3) is 5.69 Å². The molecule has 30 heavy (non-hydrogen) atoms. The monoisotopic (exact) mass is 411 g/mol. The van der Waals surface area contributed by atoms with E-state index >= 15 is 0 Å². The minimum Gasteiger partial charge on any atom is -0.496 e. The van der Waals surface area contributed by atoms with Crippen LogP contribution >= 0.6 is 0 Å². The molecule has 0 unspecified atom stereocenters. The lowest BCUT2D eigenvalue weighted by molar-refractivity contribution is 0.0597. The fourth-order valence-corrected chi connectivity index (χ4v) is 3.21. The topological polar surface area (TPSA) is 82.5 Å².